The minimum Gasteiger partial charge on any atom is -0.504 e. The first-order valence-corrected chi connectivity index (χ1v) is 12.3. The van der Waals surface area contributed by atoms with Crippen LogP contribution in [0.4, 0.5) is 5.69 Å². The molecule has 0 aliphatic heterocycles. The van der Waals surface area contributed by atoms with Gasteiger partial charge in [-0.3, -0.25) is 14.4 Å². The smallest absolute Gasteiger partial charge is 0.279 e. The Morgan fingerprint density at radius 3 is 2.48 bits per heavy atom. The van der Waals surface area contributed by atoms with Gasteiger partial charge in [0.05, 0.1) is 39.6 Å². The van der Waals surface area contributed by atoms with Crippen molar-refractivity contribution in [3.05, 3.63) is 59.9 Å². The number of hydrogen-bond donors (Lipinski definition) is 5. The van der Waals surface area contributed by atoms with Crippen LogP contribution in [0.15, 0.2) is 53.8 Å². The number of nitrogens with zero attached hydrogens (tertiary/aromatic N) is 5. The molecular weight excluding hydrogens is 520 g/mol. The first-order chi connectivity index (χ1) is 19.0. The van der Waals surface area contributed by atoms with Crippen molar-refractivity contribution in [2.45, 2.75) is 13.0 Å². The third-order valence-corrected chi connectivity index (χ3v) is 5.23. The number of rotatable bonds is 13. The van der Waals surface area contributed by atoms with Gasteiger partial charge >= 0.3 is 0 Å². The fourth-order valence-corrected chi connectivity index (χ4v) is 3.36. The standard InChI is InChI=1S/C26H32N8O6/c1-34(2,3)16-25(38)30-19-5-7-21(8-6-19)33-15-20(31-32-33)13-28-26(39)17-40-29-14-24(37)27-11-10-18-4-9-22(35)23(36)12-18/h4-9,12,14-15H,10-11,13,16-17H2,1-3H3,(H4-,27,28,29,30,31,32,35,36,37,38,39)/p+1. The third-order valence-electron chi connectivity index (χ3n) is 5.23. The Morgan fingerprint density at radius 2 is 1.77 bits per heavy atom. The van der Waals surface area contributed by atoms with E-state index in [1.165, 1.54) is 12.1 Å². The first-order valence-electron chi connectivity index (χ1n) is 12.3. The quantitative estimate of drug-likeness (QED) is 0.0867. The van der Waals surface area contributed by atoms with Crippen molar-refractivity contribution >= 4 is 29.6 Å². The minimum atomic E-state index is -0.514. The molecule has 0 saturated carbocycles. The van der Waals surface area contributed by atoms with Crippen LogP contribution in [0.5, 0.6) is 11.5 Å². The normalized spacial score (nSPS) is 11.3. The van der Waals surface area contributed by atoms with Gasteiger partial charge in [0.1, 0.15) is 11.9 Å². The molecule has 2 aromatic carbocycles. The highest BCUT2D eigenvalue weighted by molar-refractivity contribution is 6.26. The van der Waals surface area contributed by atoms with Crippen LogP contribution in [0.2, 0.25) is 0 Å². The second-order valence-electron chi connectivity index (χ2n) is 9.85. The highest BCUT2D eigenvalue weighted by Gasteiger charge is 2.14. The number of benzene rings is 2. The molecule has 14 heteroatoms. The van der Waals surface area contributed by atoms with Crippen LogP contribution in [-0.2, 0) is 32.2 Å². The predicted octanol–water partition coefficient (Wildman–Crippen LogP) is 0.301. The molecule has 3 amide bonds. The maximum absolute atomic E-state index is 12.1. The molecule has 0 saturated heterocycles. The zero-order valence-electron chi connectivity index (χ0n) is 22.5. The molecule has 0 unspecified atom stereocenters. The Hall–Kier alpha value is -4.98. The van der Waals surface area contributed by atoms with Gasteiger partial charge < -0.3 is 35.5 Å². The van der Waals surface area contributed by atoms with E-state index < -0.39 is 18.4 Å². The van der Waals surface area contributed by atoms with Crippen LogP contribution in [0.3, 0.4) is 0 Å². The van der Waals surface area contributed by atoms with Crippen molar-refractivity contribution in [3.63, 3.8) is 0 Å². The summed E-state index contributed by atoms with van der Waals surface area (Å²) < 4.78 is 2.07. The molecule has 40 heavy (non-hydrogen) atoms. The Balaban J connectivity index is 1.34. The highest BCUT2D eigenvalue weighted by Crippen LogP contribution is 2.24. The van der Waals surface area contributed by atoms with Crippen molar-refractivity contribution in [2.75, 3.05) is 46.2 Å². The molecule has 0 spiro atoms. The maximum Gasteiger partial charge on any atom is 0.279 e. The number of oxime groups is 1. The summed E-state index contributed by atoms with van der Waals surface area (Å²) in [7, 11) is 5.82. The number of aromatic hydroxyl groups is 2. The highest BCUT2D eigenvalue weighted by atomic mass is 16.6. The Kier molecular flexibility index (Phi) is 10.1. The van der Waals surface area contributed by atoms with Crippen LogP contribution >= 0.6 is 0 Å². The van der Waals surface area contributed by atoms with Crippen LogP contribution in [0.25, 0.3) is 5.69 Å². The lowest BCUT2D eigenvalue weighted by Crippen LogP contribution is -2.41. The number of likely N-dealkylation sites (N-methyl/N-ethyl adjacent to an activating group) is 1. The van der Waals surface area contributed by atoms with Crippen LogP contribution in [-0.4, -0.2) is 94.5 Å². The van der Waals surface area contributed by atoms with Crippen LogP contribution < -0.4 is 16.0 Å². The second-order valence-corrected chi connectivity index (χ2v) is 9.85. The molecule has 0 aliphatic rings. The number of hydrogen-bond acceptors (Lipinski definition) is 9. The Bertz CT molecular complexity index is 1350. The van der Waals surface area contributed by atoms with E-state index in [2.05, 4.69) is 31.4 Å². The maximum atomic E-state index is 12.1. The zero-order valence-corrected chi connectivity index (χ0v) is 22.5. The summed E-state index contributed by atoms with van der Waals surface area (Å²) in [5, 5.41) is 38.4. The van der Waals surface area contributed by atoms with Gasteiger partial charge in [-0.15, -0.1) is 5.10 Å². The number of aromatic nitrogens is 3. The molecule has 0 bridgehead atoms. The summed E-state index contributed by atoms with van der Waals surface area (Å²) in [6.07, 6.45) is 3.00. The van der Waals surface area contributed by atoms with Crippen molar-refractivity contribution in [3.8, 4) is 17.2 Å². The molecule has 3 aromatic rings. The minimum absolute atomic E-state index is 0.0819. The average molecular weight is 554 g/mol. The summed E-state index contributed by atoms with van der Waals surface area (Å²) in [6.45, 7) is 0.334. The van der Waals surface area contributed by atoms with Crippen molar-refractivity contribution < 1.29 is 33.9 Å². The Morgan fingerprint density at radius 1 is 1.02 bits per heavy atom. The van der Waals surface area contributed by atoms with E-state index in [1.54, 1.807) is 41.2 Å². The van der Waals surface area contributed by atoms with E-state index in [0.29, 0.717) is 28.8 Å². The lowest BCUT2D eigenvalue weighted by Gasteiger charge is -2.22. The molecule has 0 atom stereocenters. The number of anilines is 1. The van der Waals surface area contributed by atoms with Crippen molar-refractivity contribution in [2.24, 2.45) is 5.16 Å². The molecule has 212 valence electrons. The van der Waals surface area contributed by atoms with E-state index >= 15 is 0 Å². The SMILES string of the molecule is C[N+](C)(C)CC(=O)Nc1ccc(-n2cc(CNC(=O)CO/N=C/C(=O)NCCc3ccc(O)c(O)c3)nn2)cc1. The molecule has 1 heterocycles. The fraction of sp³-hybridized carbons (Fsp3) is 0.308. The van der Waals surface area contributed by atoms with Gasteiger partial charge in [0.15, 0.2) is 24.7 Å². The second kappa shape index (κ2) is 13.7. The molecular formula is C26H33N8O6+. The number of phenolic OH excluding ortho intramolecular Hbond substituents is 2. The van der Waals surface area contributed by atoms with Gasteiger partial charge in [0.25, 0.3) is 17.7 Å². The van der Waals surface area contributed by atoms with Gasteiger partial charge in [0.2, 0.25) is 0 Å². The number of nitrogens with one attached hydrogen (secondary N) is 3. The predicted molar refractivity (Wildman–Crippen MR) is 146 cm³/mol. The molecule has 0 fully saturated rings. The van der Waals surface area contributed by atoms with E-state index in [1.807, 2.05) is 21.1 Å². The molecule has 14 nitrogen and oxygen atoms in total. The topological polar surface area (TPSA) is 180 Å². The summed E-state index contributed by atoms with van der Waals surface area (Å²) >= 11 is 0. The van der Waals surface area contributed by atoms with Crippen LogP contribution in [0.1, 0.15) is 11.3 Å². The van der Waals surface area contributed by atoms with Crippen molar-refractivity contribution in [1.29, 1.82) is 0 Å². The van der Waals surface area contributed by atoms with E-state index in [4.69, 9.17) is 4.84 Å². The van der Waals surface area contributed by atoms with E-state index in [0.717, 1.165) is 17.5 Å². The lowest BCUT2D eigenvalue weighted by molar-refractivity contribution is -0.861. The number of amides is 3. The molecule has 0 aliphatic carbocycles. The number of carbonyl (C=O) groups excluding carboxylic acids is 3. The largest absolute Gasteiger partial charge is 0.504 e. The fourth-order valence-electron chi connectivity index (χ4n) is 3.36. The first kappa shape index (κ1) is 29.6. The molecule has 5 N–H and O–H groups in total. The summed E-state index contributed by atoms with van der Waals surface area (Å²) in [5.74, 6) is -1.51. The number of phenols is 2. The van der Waals surface area contributed by atoms with Crippen LogP contribution in [0, 0.1) is 0 Å². The average Bonchev–Trinajstić information content (AvgIpc) is 3.36. The van der Waals surface area contributed by atoms with Gasteiger partial charge in [-0.25, -0.2) is 4.68 Å². The van der Waals surface area contributed by atoms with Crippen molar-refractivity contribution in [1.82, 2.24) is 25.6 Å². The third kappa shape index (κ3) is 10.1. The van der Waals surface area contributed by atoms with E-state index in [9.17, 15) is 24.6 Å². The summed E-state index contributed by atoms with van der Waals surface area (Å²) in [4.78, 5) is 40.7. The lowest BCUT2D eigenvalue weighted by atomic mass is 10.1. The van der Waals surface area contributed by atoms with Gasteiger partial charge in [0, 0.05) is 12.2 Å². The summed E-state index contributed by atoms with van der Waals surface area (Å²) in [6, 6.07) is 11.5. The molecule has 3 rings (SSSR count). The number of carbonyl (C=O) groups is 3. The summed E-state index contributed by atoms with van der Waals surface area (Å²) in [5.41, 5.74) is 2.64. The zero-order chi connectivity index (χ0) is 29.1. The molecule has 1 aromatic heterocycles. The Labute approximate surface area is 230 Å². The molecule has 0 radical (unpaired) electrons. The van der Waals surface area contributed by atoms with Gasteiger partial charge in [-0.05, 0) is 48.4 Å². The van der Waals surface area contributed by atoms with Gasteiger partial charge in [-0.2, -0.15) is 0 Å². The number of quaternary nitrogens is 1. The van der Waals surface area contributed by atoms with E-state index in [-0.39, 0.29) is 30.5 Å². The van der Waals surface area contributed by atoms with Gasteiger partial charge in [-0.1, -0.05) is 16.4 Å². The monoisotopic (exact) mass is 553 g/mol.